The van der Waals surface area contributed by atoms with E-state index in [2.05, 4.69) is 10.2 Å². The summed E-state index contributed by atoms with van der Waals surface area (Å²) in [5.41, 5.74) is 6.22. The number of ether oxygens (including phenoxy) is 1. The maximum atomic E-state index is 13.0. The summed E-state index contributed by atoms with van der Waals surface area (Å²) in [5.74, 6) is 0.387. The summed E-state index contributed by atoms with van der Waals surface area (Å²) < 4.78 is 31.0. The molecular formula is C11H11F2N3O. The average Bonchev–Trinajstić information content (AvgIpc) is 2.74. The van der Waals surface area contributed by atoms with Crippen LogP contribution in [0.5, 0.6) is 5.75 Å². The fraction of sp³-hybridized carbons (Fsp3) is 0.182. The van der Waals surface area contributed by atoms with Crippen molar-refractivity contribution in [1.82, 2.24) is 10.2 Å². The van der Waals surface area contributed by atoms with Gasteiger partial charge in [0.2, 0.25) is 0 Å². The van der Waals surface area contributed by atoms with Gasteiger partial charge in [-0.1, -0.05) is 12.1 Å². The Kier molecular flexibility index (Phi) is 2.95. The van der Waals surface area contributed by atoms with Crippen molar-refractivity contribution >= 4 is 5.82 Å². The van der Waals surface area contributed by atoms with Gasteiger partial charge in [-0.3, -0.25) is 5.10 Å². The van der Waals surface area contributed by atoms with E-state index in [4.69, 9.17) is 10.5 Å². The van der Waals surface area contributed by atoms with Gasteiger partial charge in [0.25, 0.3) is 6.43 Å². The number of alkyl halides is 2. The number of methoxy groups -OCH3 is 1. The lowest BCUT2D eigenvalue weighted by atomic mass is 10.0. The highest BCUT2D eigenvalue weighted by molar-refractivity contribution is 5.77. The number of nitrogen functional groups attached to an aromatic ring is 1. The van der Waals surface area contributed by atoms with E-state index < -0.39 is 6.43 Å². The van der Waals surface area contributed by atoms with Crippen LogP contribution in [0.15, 0.2) is 24.4 Å². The van der Waals surface area contributed by atoms with Crippen LogP contribution in [-0.4, -0.2) is 17.3 Å². The van der Waals surface area contributed by atoms with Gasteiger partial charge in [-0.05, 0) is 11.6 Å². The third kappa shape index (κ3) is 1.93. The number of nitrogens with two attached hydrogens (primary N) is 1. The quantitative estimate of drug-likeness (QED) is 0.865. The summed E-state index contributed by atoms with van der Waals surface area (Å²) in [6, 6.07) is 4.68. The van der Waals surface area contributed by atoms with Crippen LogP contribution in [-0.2, 0) is 0 Å². The predicted octanol–water partition coefficient (Wildman–Crippen LogP) is 2.61. The second kappa shape index (κ2) is 4.40. The average molecular weight is 239 g/mol. The molecule has 90 valence electrons. The van der Waals surface area contributed by atoms with E-state index >= 15 is 0 Å². The molecule has 0 amide bonds. The van der Waals surface area contributed by atoms with E-state index in [1.165, 1.54) is 19.4 Å². The minimum atomic E-state index is -2.64. The predicted molar refractivity (Wildman–Crippen MR) is 59.9 cm³/mol. The Bertz CT molecular complexity index is 525. The lowest BCUT2D eigenvalue weighted by Gasteiger charge is -2.12. The smallest absolute Gasteiger partial charge is 0.268 e. The molecule has 0 aliphatic carbocycles. The zero-order valence-electron chi connectivity index (χ0n) is 9.08. The molecular weight excluding hydrogens is 228 g/mol. The highest BCUT2D eigenvalue weighted by Crippen LogP contribution is 2.38. The van der Waals surface area contributed by atoms with Crippen LogP contribution in [0, 0.1) is 0 Å². The van der Waals surface area contributed by atoms with Gasteiger partial charge in [0, 0.05) is 5.56 Å². The summed E-state index contributed by atoms with van der Waals surface area (Å²) >= 11 is 0. The van der Waals surface area contributed by atoms with Crippen LogP contribution in [0.1, 0.15) is 12.0 Å². The second-order valence-electron chi connectivity index (χ2n) is 3.42. The lowest BCUT2D eigenvalue weighted by Crippen LogP contribution is -1.97. The molecule has 0 radical (unpaired) electrons. The van der Waals surface area contributed by atoms with Crippen molar-refractivity contribution in [2.24, 2.45) is 0 Å². The van der Waals surface area contributed by atoms with Gasteiger partial charge < -0.3 is 10.5 Å². The van der Waals surface area contributed by atoms with Gasteiger partial charge in [-0.2, -0.15) is 5.10 Å². The number of aromatic amines is 1. The topological polar surface area (TPSA) is 63.9 Å². The number of hydrogen-bond acceptors (Lipinski definition) is 3. The molecule has 0 saturated heterocycles. The Morgan fingerprint density at radius 1 is 1.35 bits per heavy atom. The van der Waals surface area contributed by atoms with Gasteiger partial charge in [0.15, 0.2) is 0 Å². The van der Waals surface area contributed by atoms with Crippen LogP contribution < -0.4 is 10.5 Å². The first-order valence-electron chi connectivity index (χ1n) is 4.89. The van der Waals surface area contributed by atoms with Gasteiger partial charge >= 0.3 is 0 Å². The van der Waals surface area contributed by atoms with Crippen molar-refractivity contribution < 1.29 is 13.5 Å². The summed E-state index contributed by atoms with van der Waals surface area (Å²) in [4.78, 5) is 0. The van der Waals surface area contributed by atoms with Crippen LogP contribution in [0.25, 0.3) is 11.1 Å². The Morgan fingerprint density at radius 2 is 2.12 bits per heavy atom. The second-order valence-corrected chi connectivity index (χ2v) is 3.42. The number of nitrogens with one attached hydrogen (secondary N) is 1. The number of H-pyrrole nitrogens is 1. The molecule has 0 spiro atoms. The van der Waals surface area contributed by atoms with E-state index in [1.54, 1.807) is 12.1 Å². The molecule has 1 heterocycles. The molecule has 0 atom stereocenters. The zero-order chi connectivity index (χ0) is 12.4. The summed E-state index contributed by atoms with van der Waals surface area (Å²) in [6.07, 6.45) is -1.23. The number of hydrogen-bond donors (Lipinski definition) is 2. The fourth-order valence-corrected chi connectivity index (χ4v) is 1.69. The van der Waals surface area contributed by atoms with Crippen LogP contribution in [0.4, 0.5) is 14.6 Å². The molecule has 0 bridgehead atoms. The number of halogens is 2. The van der Waals surface area contributed by atoms with Gasteiger partial charge in [0.05, 0.1) is 18.9 Å². The first kappa shape index (κ1) is 11.4. The maximum Gasteiger partial charge on any atom is 0.268 e. The van der Waals surface area contributed by atoms with E-state index in [9.17, 15) is 8.78 Å². The fourth-order valence-electron chi connectivity index (χ4n) is 1.69. The Balaban J connectivity index is 2.65. The van der Waals surface area contributed by atoms with E-state index in [-0.39, 0.29) is 17.1 Å². The Morgan fingerprint density at radius 3 is 2.65 bits per heavy atom. The van der Waals surface area contributed by atoms with Crippen LogP contribution in [0.3, 0.4) is 0 Å². The molecule has 0 fully saturated rings. The van der Waals surface area contributed by atoms with E-state index in [0.29, 0.717) is 11.1 Å². The molecule has 6 heteroatoms. The Hall–Kier alpha value is -2.11. The molecule has 2 rings (SSSR count). The normalized spacial score (nSPS) is 10.8. The summed E-state index contributed by atoms with van der Waals surface area (Å²) in [6.45, 7) is 0. The molecule has 0 unspecified atom stereocenters. The van der Waals surface area contributed by atoms with E-state index in [1.807, 2.05) is 0 Å². The SMILES string of the molecule is COc1cccc(-c2cn[nH]c2N)c1C(F)F. The molecule has 0 aliphatic rings. The third-order valence-electron chi connectivity index (χ3n) is 2.46. The molecule has 17 heavy (non-hydrogen) atoms. The largest absolute Gasteiger partial charge is 0.496 e. The number of benzene rings is 1. The van der Waals surface area contributed by atoms with Crippen molar-refractivity contribution in [1.29, 1.82) is 0 Å². The van der Waals surface area contributed by atoms with Crippen molar-refractivity contribution in [3.63, 3.8) is 0 Å². The Labute approximate surface area is 96.4 Å². The highest BCUT2D eigenvalue weighted by atomic mass is 19.3. The van der Waals surface area contributed by atoms with Crippen LogP contribution >= 0.6 is 0 Å². The van der Waals surface area contributed by atoms with Crippen molar-refractivity contribution in [3.8, 4) is 16.9 Å². The van der Waals surface area contributed by atoms with Crippen LogP contribution in [0.2, 0.25) is 0 Å². The highest BCUT2D eigenvalue weighted by Gasteiger charge is 2.21. The number of rotatable bonds is 3. The molecule has 1 aromatic heterocycles. The van der Waals surface area contributed by atoms with Gasteiger partial charge in [-0.25, -0.2) is 8.78 Å². The molecule has 4 nitrogen and oxygen atoms in total. The molecule has 0 saturated carbocycles. The van der Waals surface area contributed by atoms with Gasteiger partial charge in [-0.15, -0.1) is 0 Å². The monoisotopic (exact) mass is 239 g/mol. The lowest BCUT2D eigenvalue weighted by molar-refractivity contribution is 0.148. The summed E-state index contributed by atoms with van der Waals surface area (Å²) in [7, 11) is 1.35. The van der Waals surface area contributed by atoms with E-state index in [0.717, 1.165) is 0 Å². The summed E-state index contributed by atoms with van der Waals surface area (Å²) in [5, 5.41) is 6.23. The minimum Gasteiger partial charge on any atom is -0.496 e. The first-order valence-corrected chi connectivity index (χ1v) is 4.89. The first-order chi connectivity index (χ1) is 8.15. The van der Waals surface area contributed by atoms with Crippen molar-refractivity contribution in [2.45, 2.75) is 6.43 Å². The standard InChI is InChI=1S/C11H11F2N3O/c1-17-8-4-2-3-6(9(8)10(12)13)7-5-15-16-11(7)14/h2-5,10H,1H3,(H3,14,15,16). The third-order valence-corrected chi connectivity index (χ3v) is 2.46. The minimum absolute atomic E-state index is 0.137. The molecule has 1 aromatic carbocycles. The van der Waals surface area contributed by atoms with Gasteiger partial charge in [0.1, 0.15) is 11.6 Å². The number of nitrogens with zero attached hydrogens (tertiary/aromatic N) is 1. The number of aromatic nitrogens is 2. The molecule has 3 N–H and O–H groups in total. The molecule has 0 aliphatic heterocycles. The van der Waals surface area contributed by atoms with Crippen molar-refractivity contribution in [3.05, 3.63) is 30.0 Å². The molecule has 2 aromatic rings. The van der Waals surface area contributed by atoms with Crippen molar-refractivity contribution in [2.75, 3.05) is 12.8 Å². The zero-order valence-corrected chi connectivity index (χ0v) is 9.08. The number of anilines is 1. The maximum absolute atomic E-state index is 13.0.